The molecule has 1 saturated heterocycles. The van der Waals surface area contributed by atoms with Crippen LogP contribution in [0.2, 0.25) is 0 Å². The normalized spacial score (nSPS) is 17.4. The van der Waals surface area contributed by atoms with E-state index in [4.69, 9.17) is 14.2 Å². The van der Waals surface area contributed by atoms with Gasteiger partial charge in [0.25, 0.3) is 0 Å². The molecule has 0 N–H and O–H groups in total. The van der Waals surface area contributed by atoms with Gasteiger partial charge >= 0.3 is 7.25 Å². The van der Waals surface area contributed by atoms with E-state index in [1.165, 1.54) is 30.4 Å². The summed E-state index contributed by atoms with van der Waals surface area (Å²) >= 11 is 0. The predicted molar refractivity (Wildman–Crippen MR) is 73.7 cm³/mol. The van der Waals surface area contributed by atoms with Gasteiger partial charge in [-0.2, -0.15) is 0 Å². The summed E-state index contributed by atoms with van der Waals surface area (Å²) in [5.41, 5.74) is 0. The van der Waals surface area contributed by atoms with Crippen molar-refractivity contribution in [2.75, 3.05) is 66.8 Å². The maximum absolute atomic E-state index is 9.75. The minimum absolute atomic E-state index is 0.693. The van der Waals surface area contributed by atoms with E-state index in [-0.39, 0.29) is 0 Å². The molecule has 1 aliphatic heterocycles. The minimum atomic E-state index is -6.00. The van der Waals surface area contributed by atoms with Crippen molar-refractivity contribution in [3.8, 4) is 0 Å². The van der Waals surface area contributed by atoms with Gasteiger partial charge < -0.3 is 36.0 Å². The van der Waals surface area contributed by atoms with E-state index in [0.29, 0.717) is 13.2 Å². The van der Waals surface area contributed by atoms with Crippen molar-refractivity contribution in [3.63, 3.8) is 0 Å². The van der Waals surface area contributed by atoms with Crippen LogP contribution in [0.5, 0.6) is 0 Å². The van der Waals surface area contributed by atoms with Gasteiger partial charge in [0.15, 0.2) is 0 Å². The molecule has 1 rings (SSSR count). The van der Waals surface area contributed by atoms with E-state index in [1.807, 2.05) is 0 Å². The topological polar surface area (TPSA) is 27.7 Å². The Labute approximate surface area is 124 Å². The van der Waals surface area contributed by atoms with Gasteiger partial charge in [-0.15, -0.1) is 0 Å². The molecule has 1 heterocycles. The number of nitrogens with zero attached hydrogens (tertiary/aromatic N) is 1. The van der Waals surface area contributed by atoms with Crippen molar-refractivity contribution in [1.82, 2.24) is 0 Å². The fourth-order valence-corrected chi connectivity index (χ4v) is 2.35. The highest BCUT2D eigenvalue weighted by atomic mass is 19.5. The quantitative estimate of drug-likeness (QED) is 0.282. The number of rotatable bonds is 9. The lowest BCUT2D eigenvalue weighted by molar-refractivity contribution is -0.917. The van der Waals surface area contributed by atoms with Crippen LogP contribution in [0.15, 0.2) is 0 Å². The fraction of sp³-hybridized carbons (Fsp3) is 1.00. The summed E-state index contributed by atoms with van der Waals surface area (Å²) in [6.45, 7) is 7.93. The number of ether oxygens (including phenoxy) is 3. The van der Waals surface area contributed by atoms with Crippen molar-refractivity contribution in [1.29, 1.82) is 0 Å². The molecule has 4 nitrogen and oxygen atoms in total. The fourth-order valence-electron chi connectivity index (χ4n) is 2.35. The second-order valence-electron chi connectivity index (χ2n) is 5.04. The smallest absolute Gasteiger partial charge is 0.418 e. The molecule has 1 fully saturated rings. The van der Waals surface area contributed by atoms with Crippen LogP contribution < -0.4 is 0 Å². The molecule has 0 amide bonds. The molecule has 9 heteroatoms. The van der Waals surface area contributed by atoms with E-state index in [2.05, 4.69) is 0 Å². The number of hydrogen-bond donors (Lipinski definition) is 0. The van der Waals surface area contributed by atoms with Gasteiger partial charge in [-0.25, -0.2) is 0 Å². The van der Waals surface area contributed by atoms with Crippen LogP contribution in [0, 0.1) is 0 Å². The summed E-state index contributed by atoms with van der Waals surface area (Å²) in [5.74, 6) is 0. The van der Waals surface area contributed by atoms with Gasteiger partial charge in [-0.1, -0.05) is 0 Å². The molecule has 0 aliphatic carbocycles. The largest absolute Gasteiger partial charge is 0.673 e. The van der Waals surface area contributed by atoms with E-state index >= 15 is 0 Å². The molecule has 0 unspecified atom stereocenters. The van der Waals surface area contributed by atoms with Crippen LogP contribution in [0.3, 0.4) is 0 Å². The molecule has 0 atom stereocenters. The Morgan fingerprint density at radius 1 is 0.810 bits per heavy atom. The maximum atomic E-state index is 9.75. The second kappa shape index (κ2) is 11.2. The molecule has 0 spiro atoms. The first-order valence-corrected chi connectivity index (χ1v) is 7.11. The van der Waals surface area contributed by atoms with Crippen molar-refractivity contribution in [2.45, 2.75) is 12.8 Å². The molecular weight excluding hydrogens is 293 g/mol. The third-order valence-electron chi connectivity index (χ3n) is 3.43. The molecule has 1 aliphatic rings. The maximum Gasteiger partial charge on any atom is 0.673 e. The van der Waals surface area contributed by atoms with E-state index < -0.39 is 7.25 Å². The second-order valence-corrected chi connectivity index (χ2v) is 5.04. The summed E-state index contributed by atoms with van der Waals surface area (Å²) in [6.07, 6.45) is 2.70. The predicted octanol–water partition coefficient (Wildman–Crippen LogP) is 2.21. The monoisotopic (exact) mass is 319 g/mol. The molecule has 0 aromatic heterocycles. The molecule has 0 radical (unpaired) electrons. The van der Waals surface area contributed by atoms with Gasteiger partial charge in [0.2, 0.25) is 0 Å². The van der Waals surface area contributed by atoms with Crippen LogP contribution in [0.1, 0.15) is 12.8 Å². The van der Waals surface area contributed by atoms with E-state index in [0.717, 1.165) is 26.3 Å². The first-order valence-electron chi connectivity index (χ1n) is 7.11. The first kappa shape index (κ1) is 20.6. The Morgan fingerprint density at radius 2 is 1.29 bits per heavy atom. The molecule has 0 bridgehead atoms. The van der Waals surface area contributed by atoms with Crippen LogP contribution >= 0.6 is 0 Å². The summed E-state index contributed by atoms with van der Waals surface area (Å²) in [6, 6.07) is 0. The highest BCUT2D eigenvalue weighted by Gasteiger charge is 2.30. The zero-order valence-electron chi connectivity index (χ0n) is 12.8. The average molecular weight is 319 g/mol. The summed E-state index contributed by atoms with van der Waals surface area (Å²) in [7, 11) is -2.52. The van der Waals surface area contributed by atoms with Crippen molar-refractivity contribution in [3.05, 3.63) is 0 Å². The highest BCUT2D eigenvalue weighted by Crippen LogP contribution is 2.18. The van der Waals surface area contributed by atoms with Crippen LogP contribution in [-0.4, -0.2) is 78.6 Å². The Kier molecular flexibility index (Phi) is 11.0. The third-order valence-corrected chi connectivity index (χ3v) is 3.43. The SMILES string of the molecule is COCCOCC[N+]1(CCOC)CCCC1.F[B-](F)(F)F. The van der Waals surface area contributed by atoms with Gasteiger partial charge in [0.05, 0.1) is 39.5 Å². The first-order chi connectivity index (χ1) is 9.83. The Balaban J connectivity index is 0.000000690. The lowest BCUT2D eigenvalue weighted by atomic mass is 10.3. The zero-order valence-corrected chi connectivity index (χ0v) is 12.8. The minimum Gasteiger partial charge on any atom is -0.418 e. The number of likely N-dealkylation sites (tertiary alicyclic amines) is 1. The molecule has 0 aromatic carbocycles. The Morgan fingerprint density at radius 3 is 1.76 bits per heavy atom. The average Bonchev–Trinajstić information content (AvgIpc) is 2.83. The lowest BCUT2D eigenvalue weighted by Gasteiger charge is -2.33. The summed E-state index contributed by atoms with van der Waals surface area (Å²) in [5, 5.41) is 0. The lowest BCUT2D eigenvalue weighted by Crippen LogP contribution is -2.49. The van der Waals surface area contributed by atoms with E-state index in [1.54, 1.807) is 14.2 Å². The van der Waals surface area contributed by atoms with Crippen LogP contribution in [0.25, 0.3) is 0 Å². The molecule has 0 saturated carbocycles. The van der Waals surface area contributed by atoms with Gasteiger partial charge in [0.1, 0.15) is 13.1 Å². The standard InChI is InChI=1S/C12H26NO3.BF4/c1-14-9-7-13(5-3-4-6-13)8-10-16-12-11-15-2;2-1(3,4)5/h3-12H2,1-2H3;/q+1;-1. The number of halogens is 4. The van der Waals surface area contributed by atoms with Crippen molar-refractivity contribution < 1.29 is 36.0 Å². The molecule has 0 aromatic rings. The highest BCUT2D eigenvalue weighted by molar-refractivity contribution is 6.50. The summed E-state index contributed by atoms with van der Waals surface area (Å²) < 4.78 is 55.9. The molecule has 128 valence electrons. The van der Waals surface area contributed by atoms with Gasteiger partial charge in [-0.3, -0.25) is 0 Å². The number of methoxy groups -OCH3 is 2. The Hall–Kier alpha value is -0.375. The third kappa shape index (κ3) is 13.0. The van der Waals surface area contributed by atoms with Crippen LogP contribution in [0.4, 0.5) is 17.3 Å². The molecule has 21 heavy (non-hydrogen) atoms. The van der Waals surface area contributed by atoms with Crippen LogP contribution in [-0.2, 0) is 14.2 Å². The van der Waals surface area contributed by atoms with Gasteiger partial charge in [0, 0.05) is 27.1 Å². The molecular formula is C12H26BF4NO3. The summed E-state index contributed by atoms with van der Waals surface area (Å²) in [4.78, 5) is 0. The zero-order chi connectivity index (χ0) is 16.2. The van der Waals surface area contributed by atoms with E-state index in [9.17, 15) is 17.3 Å². The number of quaternary nitrogens is 1. The van der Waals surface area contributed by atoms with Gasteiger partial charge in [-0.05, 0) is 0 Å². The van der Waals surface area contributed by atoms with Crippen molar-refractivity contribution >= 4 is 7.25 Å². The van der Waals surface area contributed by atoms with Crippen molar-refractivity contribution in [2.24, 2.45) is 0 Å². The number of hydrogen-bond acceptors (Lipinski definition) is 3. The Bertz CT molecular complexity index is 245.